The van der Waals surface area contributed by atoms with Gasteiger partial charge in [0.1, 0.15) is 12.4 Å². The number of hydrazone groups is 1. The third-order valence-electron chi connectivity index (χ3n) is 6.41. The smallest absolute Gasteiger partial charge is 0.254 e. The number of benzene rings is 2. The van der Waals surface area contributed by atoms with Crippen LogP contribution < -0.4 is 4.74 Å². The van der Waals surface area contributed by atoms with Gasteiger partial charge in [-0.1, -0.05) is 42.0 Å². The third-order valence-corrected chi connectivity index (χ3v) is 7.96. The highest BCUT2D eigenvalue weighted by Gasteiger charge is 2.56. The molecule has 0 unspecified atom stereocenters. The number of rotatable bonds is 5. The van der Waals surface area contributed by atoms with Gasteiger partial charge in [-0.15, -0.1) is 0 Å². The van der Waals surface area contributed by atoms with E-state index in [0.717, 1.165) is 37.9 Å². The summed E-state index contributed by atoms with van der Waals surface area (Å²) in [5.41, 5.74) is 1.61. The second-order valence-electron chi connectivity index (χ2n) is 8.27. The first-order valence-corrected chi connectivity index (χ1v) is 12.4. The molecule has 1 saturated heterocycles. The van der Waals surface area contributed by atoms with Crippen molar-refractivity contribution >= 4 is 61.5 Å². The fourth-order valence-corrected chi connectivity index (χ4v) is 6.50. The number of fused-ring (bicyclic) bond motifs is 1. The van der Waals surface area contributed by atoms with Gasteiger partial charge in [-0.2, -0.15) is 10.1 Å². The van der Waals surface area contributed by atoms with Crippen molar-refractivity contribution in [1.82, 2.24) is 5.01 Å². The Labute approximate surface area is 207 Å². The molecule has 2 fully saturated rings. The number of carbonyl (C=O) groups is 2. The number of halogens is 3. The van der Waals surface area contributed by atoms with Crippen LogP contribution >= 0.6 is 43.5 Å². The predicted molar refractivity (Wildman–Crippen MR) is 129 cm³/mol. The minimum atomic E-state index is -0.262. The molecule has 32 heavy (non-hydrogen) atoms. The van der Waals surface area contributed by atoms with Crippen LogP contribution in [-0.2, 0) is 16.2 Å². The van der Waals surface area contributed by atoms with Gasteiger partial charge in [0.2, 0.25) is 0 Å². The van der Waals surface area contributed by atoms with Crippen LogP contribution in [0.2, 0.25) is 5.02 Å². The van der Waals surface area contributed by atoms with E-state index in [-0.39, 0.29) is 35.5 Å². The maximum Gasteiger partial charge on any atom is 0.254 e. The van der Waals surface area contributed by atoms with E-state index in [1.54, 1.807) is 0 Å². The topological polar surface area (TPSA) is 59.0 Å². The summed E-state index contributed by atoms with van der Waals surface area (Å²) in [4.78, 5) is 25.8. The monoisotopic (exact) mass is 576 g/mol. The zero-order valence-corrected chi connectivity index (χ0v) is 20.8. The molecular formula is C24H19Br2ClN2O3. The summed E-state index contributed by atoms with van der Waals surface area (Å²) in [6.07, 6.45) is 7.67. The van der Waals surface area contributed by atoms with Crippen LogP contribution in [0.5, 0.6) is 5.75 Å². The predicted octanol–water partition coefficient (Wildman–Crippen LogP) is 5.98. The number of hydrogen-bond acceptors (Lipinski definition) is 4. The van der Waals surface area contributed by atoms with E-state index in [2.05, 4.69) is 49.1 Å². The van der Waals surface area contributed by atoms with Crippen LogP contribution in [0.3, 0.4) is 0 Å². The Balaban J connectivity index is 1.32. The third kappa shape index (κ3) is 3.84. The molecule has 5 nitrogen and oxygen atoms in total. The highest BCUT2D eigenvalue weighted by atomic mass is 79.9. The van der Waals surface area contributed by atoms with E-state index in [9.17, 15) is 9.59 Å². The lowest BCUT2D eigenvalue weighted by molar-refractivity contribution is -0.140. The second kappa shape index (κ2) is 8.76. The maximum atomic E-state index is 12.9. The van der Waals surface area contributed by atoms with Gasteiger partial charge in [0, 0.05) is 10.6 Å². The Morgan fingerprint density at radius 2 is 1.62 bits per heavy atom. The Kier molecular flexibility index (Phi) is 5.99. The first kappa shape index (κ1) is 21.9. The largest absolute Gasteiger partial charge is 0.486 e. The molecule has 0 N–H and O–H groups in total. The fourth-order valence-electron chi connectivity index (χ4n) is 4.85. The maximum absolute atomic E-state index is 12.9. The molecule has 0 radical (unpaired) electrons. The van der Waals surface area contributed by atoms with Crippen LogP contribution in [0.4, 0.5) is 0 Å². The Morgan fingerprint density at radius 3 is 2.19 bits per heavy atom. The summed E-state index contributed by atoms with van der Waals surface area (Å²) < 4.78 is 7.38. The van der Waals surface area contributed by atoms with Gasteiger partial charge < -0.3 is 4.74 Å². The highest BCUT2D eigenvalue weighted by Crippen LogP contribution is 2.49. The molecule has 2 aromatic carbocycles. The van der Waals surface area contributed by atoms with Gasteiger partial charge in [-0.3, -0.25) is 9.59 Å². The molecule has 3 aliphatic carbocycles. The Bertz CT molecular complexity index is 1110. The van der Waals surface area contributed by atoms with Crippen molar-refractivity contribution in [2.75, 3.05) is 0 Å². The number of nitrogens with zero attached hydrogens (tertiary/aromatic N) is 2. The highest BCUT2D eigenvalue weighted by molar-refractivity contribution is 9.11. The minimum Gasteiger partial charge on any atom is -0.486 e. The lowest BCUT2D eigenvalue weighted by Crippen LogP contribution is -2.38. The van der Waals surface area contributed by atoms with Gasteiger partial charge in [-0.05, 0) is 80.3 Å². The molecule has 0 aromatic heterocycles. The summed E-state index contributed by atoms with van der Waals surface area (Å²) in [6.45, 7) is 0.320. The van der Waals surface area contributed by atoms with Gasteiger partial charge in [0.25, 0.3) is 11.8 Å². The molecule has 4 aliphatic rings. The molecule has 0 spiro atoms. The van der Waals surface area contributed by atoms with Crippen molar-refractivity contribution in [2.45, 2.75) is 19.4 Å². The lowest BCUT2D eigenvalue weighted by Gasteiger charge is -2.37. The number of amides is 2. The van der Waals surface area contributed by atoms with Gasteiger partial charge in [0.15, 0.2) is 0 Å². The molecule has 2 bridgehead atoms. The summed E-state index contributed by atoms with van der Waals surface area (Å²) >= 11 is 13.3. The van der Waals surface area contributed by atoms with Crippen molar-refractivity contribution in [3.63, 3.8) is 0 Å². The summed E-state index contributed by atoms with van der Waals surface area (Å²) in [7, 11) is 0. The standard InChI is InChI=1S/C24H19Br2ClN2O3/c25-17-9-13(10-18(26)22(17)32-12-16-3-1-2-4-19(16)27)11-28-29-23(30)20-14-5-6-15(8-7-14)21(20)24(29)31/h1-6,9-11,14-15,20-21H,7-8,12H2/b28-11-/t14-,15-,20-,21+/m0/s1. The molecule has 1 heterocycles. The summed E-state index contributed by atoms with van der Waals surface area (Å²) in [5, 5.41) is 5.99. The number of carbonyl (C=O) groups excluding carboxylic acids is 2. The zero-order valence-electron chi connectivity index (χ0n) is 16.9. The molecule has 2 aromatic rings. The molecule has 1 saturated carbocycles. The molecule has 164 valence electrons. The molecule has 2 amide bonds. The van der Waals surface area contributed by atoms with Crippen molar-refractivity contribution in [1.29, 1.82) is 0 Å². The Morgan fingerprint density at radius 1 is 1.03 bits per heavy atom. The normalized spacial score (nSPS) is 26.3. The molecule has 6 rings (SSSR count). The average molecular weight is 579 g/mol. The SMILES string of the molecule is O=C1[C@@H]2[C@H](C(=O)N1/N=C\c1cc(Br)c(OCc3ccccc3Cl)c(Br)c1)[C@H]1C=C[C@H]2CC1. The number of allylic oxidation sites excluding steroid dienone is 2. The van der Waals surface area contributed by atoms with Gasteiger partial charge in [0.05, 0.1) is 27.0 Å². The van der Waals surface area contributed by atoms with E-state index >= 15 is 0 Å². The number of imide groups is 1. The van der Waals surface area contributed by atoms with E-state index < -0.39 is 0 Å². The Hall–Kier alpha value is -1.96. The fraction of sp³-hybridized carbons (Fsp3) is 0.292. The van der Waals surface area contributed by atoms with Crippen molar-refractivity contribution in [3.8, 4) is 5.75 Å². The van der Waals surface area contributed by atoms with Crippen molar-refractivity contribution in [3.05, 3.63) is 73.6 Å². The summed E-state index contributed by atoms with van der Waals surface area (Å²) in [5.74, 6) is 0.0363. The molecule has 1 aliphatic heterocycles. The number of ether oxygens (including phenoxy) is 1. The number of hydrogen-bond donors (Lipinski definition) is 0. The van der Waals surface area contributed by atoms with Crippen molar-refractivity contribution < 1.29 is 14.3 Å². The summed E-state index contributed by atoms with van der Waals surface area (Å²) in [6, 6.07) is 11.2. The van der Waals surface area contributed by atoms with Gasteiger partial charge >= 0.3 is 0 Å². The van der Waals surface area contributed by atoms with Crippen LogP contribution in [0.15, 0.2) is 62.6 Å². The van der Waals surface area contributed by atoms with Gasteiger partial charge in [-0.25, -0.2) is 0 Å². The zero-order chi connectivity index (χ0) is 22.4. The first-order chi connectivity index (χ1) is 15.4. The van der Waals surface area contributed by atoms with E-state index in [1.165, 1.54) is 6.21 Å². The van der Waals surface area contributed by atoms with Crippen molar-refractivity contribution in [2.24, 2.45) is 28.8 Å². The quantitative estimate of drug-likeness (QED) is 0.249. The van der Waals surface area contributed by atoms with E-state index in [4.69, 9.17) is 16.3 Å². The lowest BCUT2D eigenvalue weighted by atomic mass is 9.63. The molecular weight excluding hydrogens is 560 g/mol. The van der Waals surface area contributed by atoms with Crippen LogP contribution in [0.25, 0.3) is 0 Å². The van der Waals surface area contributed by atoms with E-state index in [0.29, 0.717) is 17.4 Å². The average Bonchev–Trinajstić information content (AvgIpc) is 3.05. The van der Waals surface area contributed by atoms with E-state index in [1.807, 2.05) is 36.4 Å². The van der Waals surface area contributed by atoms with Crippen LogP contribution in [0.1, 0.15) is 24.0 Å². The first-order valence-electron chi connectivity index (χ1n) is 10.4. The molecule has 8 heteroatoms. The van der Waals surface area contributed by atoms with Crippen LogP contribution in [0, 0.1) is 23.7 Å². The minimum absolute atomic E-state index is 0.152. The molecule has 4 atom stereocenters. The second-order valence-corrected chi connectivity index (χ2v) is 10.4. The van der Waals surface area contributed by atoms with Crippen LogP contribution in [-0.4, -0.2) is 23.0 Å².